The van der Waals surface area contributed by atoms with Crippen molar-refractivity contribution >= 4 is 21.6 Å². The summed E-state index contributed by atoms with van der Waals surface area (Å²) in [4.78, 5) is 14.8. The highest BCUT2D eigenvalue weighted by molar-refractivity contribution is 7.89. The Hall–Kier alpha value is -2.51. The summed E-state index contributed by atoms with van der Waals surface area (Å²) in [5, 5.41) is 0. The first-order chi connectivity index (χ1) is 14.9. The van der Waals surface area contributed by atoms with Gasteiger partial charge in [-0.25, -0.2) is 17.5 Å². The molecule has 0 saturated heterocycles. The number of allylic oxidation sites excluding steroid dienone is 1. The molecule has 1 N–H and O–H groups in total. The first kappa shape index (κ1) is 21.7. The number of aryl methyl sites for hydroxylation is 1. The van der Waals surface area contributed by atoms with E-state index < -0.39 is 15.8 Å². The van der Waals surface area contributed by atoms with Crippen molar-refractivity contribution in [1.82, 2.24) is 4.72 Å². The quantitative estimate of drug-likeness (QED) is 0.666. The highest BCUT2D eigenvalue weighted by Gasteiger charge is 2.25. The lowest BCUT2D eigenvalue weighted by Gasteiger charge is -2.30. The standard InChI is InChI=1S/C24H27FN2O3S/c25-21-10-8-19(9-11-21)24(28)27-16-4-7-20-17-22(12-13-23(20)27)31(29,30)26-15-14-18-5-2-1-3-6-18/h5,8-13,17,26H,1-4,6-7,14-16H2. The van der Waals surface area contributed by atoms with E-state index in [1.54, 1.807) is 23.1 Å². The number of sulfonamides is 1. The van der Waals surface area contributed by atoms with Gasteiger partial charge in [-0.15, -0.1) is 0 Å². The summed E-state index contributed by atoms with van der Waals surface area (Å²) in [6.07, 6.45) is 8.94. The Bertz CT molecular complexity index is 1090. The van der Waals surface area contributed by atoms with E-state index >= 15 is 0 Å². The number of benzene rings is 2. The summed E-state index contributed by atoms with van der Waals surface area (Å²) >= 11 is 0. The van der Waals surface area contributed by atoms with E-state index in [1.165, 1.54) is 42.7 Å². The molecule has 31 heavy (non-hydrogen) atoms. The number of fused-ring (bicyclic) bond motifs is 1. The van der Waals surface area contributed by atoms with E-state index in [9.17, 15) is 17.6 Å². The molecule has 0 unspecified atom stereocenters. The van der Waals surface area contributed by atoms with Gasteiger partial charge in [0.25, 0.3) is 5.91 Å². The van der Waals surface area contributed by atoms with E-state index in [-0.39, 0.29) is 10.8 Å². The molecule has 5 nitrogen and oxygen atoms in total. The summed E-state index contributed by atoms with van der Waals surface area (Å²) in [6, 6.07) is 10.4. The van der Waals surface area contributed by atoms with Crippen LogP contribution in [0.1, 0.15) is 54.4 Å². The number of carbonyl (C=O) groups excluding carboxylic acids is 1. The third-order valence-electron chi connectivity index (χ3n) is 5.94. The van der Waals surface area contributed by atoms with Crippen molar-refractivity contribution in [3.8, 4) is 0 Å². The Morgan fingerprint density at radius 3 is 2.58 bits per heavy atom. The lowest BCUT2D eigenvalue weighted by molar-refractivity contribution is 0.0985. The number of halogens is 1. The highest BCUT2D eigenvalue weighted by Crippen LogP contribution is 2.31. The summed E-state index contributed by atoms with van der Waals surface area (Å²) in [6.45, 7) is 0.934. The molecule has 2 aliphatic rings. The van der Waals surface area contributed by atoms with Gasteiger partial charge in [-0.05, 0) is 93.0 Å². The minimum atomic E-state index is -3.61. The van der Waals surface area contributed by atoms with Gasteiger partial charge in [0.05, 0.1) is 4.90 Å². The SMILES string of the molecule is O=C(c1ccc(F)cc1)N1CCCc2cc(S(=O)(=O)NCCC3=CCCCC3)ccc21. The van der Waals surface area contributed by atoms with Gasteiger partial charge in [0.1, 0.15) is 5.82 Å². The first-order valence-corrected chi connectivity index (χ1v) is 12.3. The molecule has 164 valence electrons. The Kier molecular flexibility index (Phi) is 6.53. The van der Waals surface area contributed by atoms with Crippen molar-refractivity contribution in [2.24, 2.45) is 0 Å². The van der Waals surface area contributed by atoms with Gasteiger partial charge in [-0.3, -0.25) is 4.79 Å². The van der Waals surface area contributed by atoms with Crippen molar-refractivity contribution in [2.45, 2.75) is 49.8 Å². The molecule has 0 radical (unpaired) electrons. The number of nitrogens with zero attached hydrogens (tertiary/aromatic N) is 1. The average Bonchev–Trinajstić information content (AvgIpc) is 2.79. The Balaban J connectivity index is 1.48. The van der Waals surface area contributed by atoms with Crippen molar-refractivity contribution in [3.05, 3.63) is 71.1 Å². The van der Waals surface area contributed by atoms with Gasteiger partial charge in [0.2, 0.25) is 10.0 Å². The van der Waals surface area contributed by atoms with Crippen LogP contribution >= 0.6 is 0 Å². The molecule has 1 aliphatic heterocycles. The second-order valence-corrected chi connectivity index (χ2v) is 9.88. The molecule has 0 bridgehead atoms. The van der Waals surface area contributed by atoms with E-state index in [0.717, 1.165) is 31.2 Å². The first-order valence-electron chi connectivity index (χ1n) is 10.8. The van der Waals surface area contributed by atoms with Crippen LogP contribution in [0.25, 0.3) is 0 Å². The maximum Gasteiger partial charge on any atom is 0.258 e. The molecule has 4 rings (SSSR count). The highest BCUT2D eigenvalue weighted by atomic mass is 32.2. The van der Waals surface area contributed by atoms with E-state index in [4.69, 9.17) is 0 Å². The second kappa shape index (κ2) is 9.32. The predicted octanol–water partition coefficient (Wildman–Crippen LogP) is 4.59. The average molecular weight is 443 g/mol. The van der Waals surface area contributed by atoms with E-state index in [1.807, 2.05) is 0 Å². The maximum atomic E-state index is 13.2. The monoisotopic (exact) mass is 442 g/mol. The molecule has 2 aromatic rings. The van der Waals surface area contributed by atoms with E-state index in [2.05, 4.69) is 10.8 Å². The van der Waals surface area contributed by atoms with Crippen LogP contribution < -0.4 is 9.62 Å². The van der Waals surface area contributed by atoms with Gasteiger partial charge in [0, 0.05) is 24.3 Å². The lowest BCUT2D eigenvalue weighted by atomic mass is 9.97. The van der Waals surface area contributed by atoms with Crippen LogP contribution in [0.15, 0.2) is 59.0 Å². The predicted molar refractivity (Wildman–Crippen MR) is 119 cm³/mol. The summed E-state index contributed by atoms with van der Waals surface area (Å²) in [5.74, 6) is -0.604. The van der Waals surface area contributed by atoms with Crippen molar-refractivity contribution < 1.29 is 17.6 Å². The fourth-order valence-corrected chi connectivity index (χ4v) is 5.34. The summed E-state index contributed by atoms with van der Waals surface area (Å²) < 4.78 is 41.5. The number of amides is 1. The third kappa shape index (κ3) is 5.05. The van der Waals surface area contributed by atoms with Crippen molar-refractivity contribution in [1.29, 1.82) is 0 Å². The zero-order chi connectivity index (χ0) is 21.8. The van der Waals surface area contributed by atoms with Crippen LogP contribution in [0.2, 0.25) is 0 Å². The van der Waals surface area contributed by atoms with Gasteiger partial charge >= 0.3 is 0 Å². The van der Waals surface area contributed by atoms with Crippen molar-refractivity contribution in [2.75, 3.05) is 18.0 Å². The number of nitrogens with one attached hydrogen (secondary N) is 1. The Morgan fingerprint density at radius 2 is 1.84 bits per heavy atom. The Morgan fingerprint density at radius 1 is 1.03 bits per heavy atom. The molecule has 1 aliphatic carbocycles. The summed E-state index contributed by atoms with van der Waals surface area (Å²) in [5.41, 5.74) is 3.28. The van der Waals surface area contributed by atoms with Crippen LogP contribution in [0.5, 0.6) is 0 Å². The van der Waals surface area contributed by atoms with Crippen LogP contribution in [0, 0.1) is 5.82 Å². The number of rotatable bonds is 6. The zero-order valence-electron chi connectivity index (χ0n) is 17.4. The molecular weight excluding hydrogens is 415 g/mol. The van der Waals surface area contributed by atoms with Crippen LogP contribution in [-0.2, 0) is 16.4 Å². The smallest absolute Gasteiger partial charge is 0.258 e. The molecule has 1 amide bonds. The Labute approximate surface area is 183 Å². The number of carbonyl (C=O) groups is 1. The third-order valence-corrected chi connectivity index (χ3v) is 7.40. The zero-order valence-corrected chi connectivity index (χ0v) is 18.3. The van der Waals surface area contributed by atoms with E-state index in [0.29, 0.717) is 30.8 Å². The molecule has 2 aromatic carbocycles. The minimum Gasteiger partial charge on any atom is -0.308 e. The molecule has 0 fully saturated rings. The van der Waals surface area contributed by atoms with Crippen molar-refractivity contribution in [3.63, 3.8) is 0 Å². The molecule has 1 heterocycles. The fourth-order valence-electron chi connectivity index (χ4n) is 4.26. The maximum absolute atomic E-state index is 13.2. The molecule has 0 atom stereocenters. The minimum absolute atomic E-state index is 0.213. The molecule has 0 saturated carbocycles. The molecule has 7 heteroatoms. The largest absolute Gasteiger partial charge is 0.308 e. The van der Waals surface area contributed by atoms with Gasteiger partial charge in [0.15, 0.2) is 0 Å². The van der Waals surface area contributed by atoms with Crippen LogP contribution in [0.4, 0.5) is 10.1 Å². The fraction of sp³-hybridized carbons (Fsp3) is 0.375. The van der Waals surface area contributed by atoms with Gasteiger partial charge < -0.3 is 4.90 Å². The van der Waals surface area contributed by atoms with Gasteiger partial charge in [-0.1, -0.05) is 11.6 Å². The number of anilines is 1. The lowest BCUT2D eigenvalue weighted by Crippen LogP contribution is -2.35. The van der Waals surface area contributed by atoms with Crippen LogP contribution in [-0.4, -0.2) is 27.4 Å². The number of hydrogen-bond acceptors (Lipinski definition) is 3. The molecule has 0 spiro atoms. The van der Waals surface area contributed by atoms with Crippen LogP contribution in [0.3, 0.4) is 0 Å². The molecular formula is C24H27FN2O3S. The normalized spacial score (nSPS) is 16.5. The molecule has 0 aromatic heterocycles. The number of hydrogen-bond donors (Lipinski definition) is 1. The second-order valence-electron chi connectivity index (χ2n) is 8.11. The summed E-state index contributed by atoms with van der Waals surface area (Å²) in [7, 11) is -3.61. The topological polar surface area (TPSA) is 66.5 Å². The van der Waals surface area contributed by atoms with Gasteiger partial charge in [-0.2, -0.15) is 0 Å².